The summed E-state index contributed by atoms with van der Waals surface area (Å²) in [6.07, 6.45) is 0.885. The molecule has 1 atom stereocenters. The molecule has 7 nitrogen and oxygen atoms in total. The van der Waals surface area contributed by atoms with Crippen molar-refractivity contribution in [2.75, 3.05) is 18.4 Å². The highest BCUT2D eigenvalue weighted by molar-refractivity contribution is 5.94. The van der Waals surface area contributed by atoms with Gasteiger partial charge in [-0.3, -0.25) is 4.68 Å². The molecule has 1 saturated heterocycles. The second kappa shape index (κ2) is 6.82. The van der Waals surface area contributed by atoms with Crippen molar-refractivity contribution in [2.45, 2.75) is 40.2 Å². The number of carbonyl (C=O) groups is 1. The first-order valence-electron chi connectivity index (χ1n) is 9.45. The maximum absolute atomic E-state index is 12.8. The minimum absolute atomic E-state index is 0.124. The van der Waals surface area contributed by atoms with Crippen molar-refractivity contribution < 1.29 is 9.21 Å². The van der Waals surface area contributed by atoms with Crippen LogP contribution in [-0.2, 0) is 0 Å². The molecule has 1 aliphatic rings. The second-order valence-corrected chi connectivity index (χ2v) is 7.60. The lowest BCUT2D eigenvalue weighted by atomic mass is 10.1. The molecule has 0 unspecified atom stereocenters. The van der Waals surface area contributed by atoms with Crippen molar-refractivity contribution in [3.63, 3.8) is 0 Å². The van der Waals surface area contributed by atoms with E-state index in [1.54, 1.807) is 6.07 Å². The number of urea groups is 1. The first kappa shape index (κ1) is 18.3. The predicted octanol–water partition coefficient (Wildman–Crippen LogP) is 3.70. The standard InChI is InChI=1S/C21H24N4O3/c1-12-8-20(26)28-19-7-13(2)18(10-17(12)19)22-21(27)24-6-5-16(11-24)25-15(4)9-14(3)23-25/h7-10,16H,5-6,11H2,1-4H3,(H,22,27)/t16-/m1/s1. The Morgan fingerprint density at radius 3 is 2.64 bits per heavy atom. The zero-order valence-electron chi connectivity index (χ0n) is 16.6. The number of benzene rings is 1. The minimum Gasteiger partial charge on any atom is -0.423 e. The summed E-state index contributed by atoms with van der Waals surface area (Å²) in [7, 11) is 0. The maximum Gasteiger partial charge on any atom is 0.336 e. The molecule has 4 rings (SSSR count). The van der Waals surface area contributed by atoms with Gasteiger partial charge in [-0.1, -0.05) is 0 Å². The van der Waals surface area contributed by atoms with Crippen molar-refractivity contribution in [2.24, 2.45) is 0 Å². The topological polar surface area (TPSA) is 80.4 Å². The molecular formula is C21H24N4O3. The smallest absolute Gasteiger partial charge is 0.336 e. The molecule has 2 amide bonds. The van der Waals surface area contributed by atoms with E-state index in [0.29, 0.717) is 18.7 Å². The maximum atomic E-state index is 12.8. The lowest BCUT2D eigenvalue weighted by molar-refractivity contribution is 0.220. The van der Waals surface area contributed by atoms with Crippen LogP contribution in [0.25, 0.3) is 11.0 Å². The molecule has 0 aliphatic carbocycles. The van der Waals surface area contributed by atoms with Gasteiger partial charge in [-0.2, -0.15) is 5.10 Å². The molecule has 0 bridgehead atoms. The van der Waals surface area contributed by atoms with Gasteiger partial charge in [-0.15, -0.1) is 0 Å². The van der Waals surface area contributed by atoms with E-state index in [1.807, 2.05) is 43.3 Å². The predicted molar refractivity (Wildman–Crippen MR) is 108 cm³/mol. The van der Waals surface area contributed by atoms with Crippen LogP contribution in [0.1, 0.15) is 35.0 Å². The molecule has 1 fully saturated rings. The van der Waals surface area contributed by atoms with Crippen LogP contribution >= 0.6 is 0 Å². The third-order valence-corrected chi connectivity index (χ3v) is 5.38. The Morgan fingerprint density at radius 2 is 1.93 bits per heavy atom. The fourth-order valence-electron chi connectivity index (χ4n) is 3.94. The Kier molecular flexibility index (Phi) is 4.45. The number of fused-ring (bicyclic) bond motifs is 1. The van der Waals surface area contributed by atoms with E-state index in [0.717, 1.165) is 40.0 Å². The summed E-state index contributed by atoms with van der Waals surface area (Å²) in [6, 6.07) is 7.26. The number of nitrogens with one attached hydrogen (secondary N) is 1. The zero-order valence-corrected chi connectivity index (χ0v) is 16.6. The number of anilines is 1. The van der Waals surface area contributed by atoms with Gasteiger partial charge < -0.3 is 14.6 Å². The van der Waals surface area contributed by atoms with E-state index in [1.165, 1.54) is 6.07 Å². The Balaban J connectivity index is 1.53. The van der Waals surface area contributed by atoms with E-state index in [2.05, 4.69) is 16.5 Å². The van der Waals surface area contributed by atoms with Gasteiger partial charge in [-0.25, -0.2) is 9.59 Å². The number of hydrogen-bond donors (Lipinski definition) is 1. The number of carbonyl (C=O) groups excluding carboxylic acids is 1. The molecule has 2 aromatic heterocycles. The molecule has 146 valence electrons. The van der Waals surface area contributed by atoms with Crippen LogP contribution in [0, 0.1) is 27.7 Å². The summed E-state index contributed by atoms with van der Waals surface area (Å²) < 4.78 is 7.29. The number of hydrogen-bond acceptors (Lipinski definition) is 4. The minimum atomic E-state index is -0.367. The van der Waals surface area contributed by atoms with Gasteiger partial charge in [0.1, 0.15) is 5.58 Å². The monoisotopic (exact) mass is 380 g/mol. The van der Waals surface area contributed by atoms with E-state index >= 15 is 0 Å². The zero-order chi connectivity index (χ0) is 20.0. The Morgan fingerprint density at radius 1 is 1.14 bits per heavy atom. The molecule has 0 spiro atoms. The average Bonchev–Trinajstić information content (AvgIpc) is 3.22. The molecule has 7 heteroatoms. The van der Waals surface area contributed by atoms with Crippen LogP contribution in [0.15, 0.2) is 33.5 Å². The molecule has 3 heterocycles. The molecule has 0 radical (unpaired) electrons. The third-order valence-electron chi connectivity index (χ3n) is 5.38. The summed E-state index contributed by atoms with van der Waals surface area (Å²) in [4.78, 5) is 26.2. The van der Waals surface area contributed by atoms with Crippen LogP contribution in [0.2, 0.25) is 0 Å². The lowest BCUT2D eigenvalue weighted by Gasteiger charge is -2.19. The van der Waals surface area contributed by atoms with Crippen molar-refractivity contribution in [1.29, 1.82) is 0 Å². The highest BCUT2D eigenvalue weighted by Gasteiger charge is 2.29. The number of rotatable bonds is 2. The van der Waals surface area contributed by atoms with Gasteiger partial charge >= 0.3 is 11.7 Å². The number of nitrogens with zero attached hydrogens (tertiary/aromatic N) is 3. The first-order valence-corrected chi connectivity index (χ1v) is 9.45. The Hall–Kier alpha value is -3.09. The number of amides is 2. The van der Waals surface area contributed by atoms with Crippen LogP contribution in [0.5, 0.6) is 0 Å². The fourth-order valence-corrected chi connectivity index (χ4v) is 3.94. The second-order valence-electron chi connectivity index (χ2n) is 7.60. The summed E-state index contributed by atoms with van der Waals surface area (Å²) in [6.45, 7) is 9.10. The van der Waals surface area contributed by atoms with E-state index in [9.17, 15) is 9.59 Å². The van der Waals surface area contributed by atoms with Crippen molar-refractivity contribution >= 4 is 22.7 Å². The molecule has 0 saturated carbocycles. The Bertz CT molecular complexity index is 1130. The molecule has 1 N–H and O–H groups in total. The third kappa shape index (κ3) is 3.28. The highest BCUT2D eigenvalue weighted by atomic mass is 16.4. The van der Waals surface area contributed by atoms with Gasteiger partial charge in [0.05, 0.1) is 11.7 Å². The van der Waals surface area contributed by atoms with Crippen LogP contribution < -0.4 is 10.9 Å². The van der Waals surface area contributed by atoms with Gasteiger partial charge in [0.2, 0.25) is 0 Å². The summed E-state index contributed by atoms with van der Waals surface area (Å²) in [5.74, 6) is 0. The Labute approximate surface area is 162 Å². The van der Waals surface area contributed by atoms with Crippen molar-refractivity contribution in [3.05, 3.63) is 57.2 Å². The largest absolute Gasteiger partial charge is 0.423 e. The van der Waals surface area contributed by atoms with Gasteiger partial charge in [0.15, 0.2) is 0 Å². The summed E-state index contributed by atoms with van der Waals surface area (Å²) in [5.41, 5.74) is 4.68. The van der Waals surface area contributed by atoms with Gasteiger partial charge in [-0.05, 0) is 63.4 Å². The van der Waals surface area contributed by atoms with Crippen molar-refractivity contribution in [3.8, 4) is 0 Å². The number of likely N-dealkylation sites (tertiary alicyclic amines) is 1. The number of aromatic nitrogens is 2. The molecule has 1 aliphatic heterocycles. The van der Waals surface area contributed by atoms with Crippen molar-refractivity contribution in [1.82, 2.24) is 14.7 Å². The highest BCUT2D eigenvalue weighted by Crippen LogP contribution is 2.27. The van der Waals surface area contributed by atoms with Crippen LogP contribution in [0.4, 0.5) is 10.5 Å². The lowest BCUT2D eigenvalue weighted by Crippen LogP contribution is -2.33. The molecule has 1 aromatic carbocycles. The molecule has 28 heavy (non-hydrogen) atoms. The van der Waals surface area contributed by atoms with Crippen LogP contribution in [-0.4, -0.2) is 33.8 Å². The normalized spacial score (nSPS) is 16.7. The molecular weight excluding hydrogens is 356 g/mol. The summed E-state index contributed by atoms with van der Waals surface area (Å²) in [5, 5.41) is 8.39. The fraction of sp³-hybridized carbons (Fsp3) is 0.381. The van der Waals surface area contributed by atoms with E-state index in [-0.39, 0.29) is 17.7 Å². The SMILES string of the molecule is Cc1cc(C)n([C@@H]2CCN(C(=O)Nc3cc4c(C)cc(=O)oc4cc3C)C2)n1. The van der Waals surface area contributed by atoms with E-state index in [4.69, 9.17) is 4.42 Å². The van der Waals surface area contributed by atoms with Crippen LogP contribution in [0.3, 0.4) is 0 Å². The number of aryl methyl sites for hydroxylation is 4. The van der Waals surface area contributed by atoms with Gasteiger partial charge in [0.25, 0.3) is 0 Å². The average molecular weight is 380 g/mol. The van der Waals surface area contributed by atoms with Gasteiger partial charge in [0, 0.05) is 35.9 Å². The molecule has 3 aromatic rings. The quantitative estimate of drug-likeness (QED) is 0.688. The summed E-state index contributed by atoms with van der Waals surface area (Å²) >= 11 is 0. The van der Waals surface area contributed by atoms with E-state index < -0.39 is 0 Å². The first-order chi connectivity index (χ1) is 13.3.